The Morgan fingerprint density at radius 2 is 1.32 bits per heavy atom. The molecule has 1 saturated heterocycles. The largest absolute Gasteiger partial charge is 0.374 e. The Morgan fingerprint density at radius 3 is 1.81 bits per heavy atom. The van der Waals surface area contributed by atoms with Crippen LogP contribution in [0.1, 0.15) is 27.2 Å². The van der Waals surface area contributed by atoms with Crippen LogP contribution in [0.4, 0.5) is 0 Å². The maximum Gasteiger partial charge on any atom is 0.125 e. The van der Waals surface area contributed by atoms with Crippen LogP contribution < -0.4 is 10.4 Å². The second kappa shape index (κ2) is 9.36. The normalized spacial score (nSPS) is 21.9. The Hall–Kier alpha value is -1.81. The maximum absolute atomic E-state index is 6.49. The topological polar surface area (TPSA) is 9.23 Å². The lowest BCUT2D eigenvalue weighted by atomic mass is 10.2. The summed E-state index contributed by atoms with van der Waals surface area (Å²) in [4.78, 5) is 1.26. The van der Waals surface area contributed by atoms with E-state index < -0.39 is 8.07 Å². The summed E-state index contributed by atoms with van der Waals surface area (Å²) in [5.74, 6) is 0. The fourth-order valence-corrected chi connectivity index (χ4v) is 11.8. The van der Waals surface area contributed by atoms with Gasteiger partial charge in [-0.05, 0) is 36.6 Å². The lowest BCUT2D eigenvalue weighted by Gasteiger charge is -2.45. The molecule has 2 unspecified atom stereocenters. The van der Waals surface area contributed by atoms with Gasteiger partial charge in [0, 0.05) is 10.1 Å². The predicted molar refractivity (Wildman–Crippen MR) is 136 cm³/mol. The summed E-state index contributed by atoms with van der Waals surface area (Å²) in [7, 11) is -2.16. The van der Waals surface area contributed by atoms with E-state index in [4.69, 9.17) is 11.7 Å². The van der Waals surface area contributed by atoms with Gasteiger partial charge in [0.1, 0.15) is 8.07 Å². The molecular formula is C28H32OSSi. The van der Waals surface area contributed by atoms with Crippen molar-refractivity contribution < 1.29 is 4.74 Å². The van der Waals surface area contributed by atoms with Crippen LogP contribution in [-0.4, -0.2) is 25.5 Å². The van der Waals surface area contributed by atoms with E-state index in [1.165, 1.54) is 15.3 Å². The first-order valence-electron chi connectivity index (χ1n) is 11.1. The molecule has 0 saturated carbocycles. The van der Waals surface area contributed by atoms with Gasteiger partial charge in [0.2, 0.25) is 0 Å². The first-order chi connectivity index (χ1) is 14.9. The first-order valence-corrected chi connectivity index (χ1v) is 14.2. The molecule has 0 aromatic heterocycles. The Balaban J connectivity index is 1.67. The molecule has 4 rings (SSSR count). The van der Waals surface area contributed by atoms with Gasteiger partial charge < -0.3 is 4.74 Å². The molecule has 0 bridgehead atoms. The number of rotatable bonds is 6. The van der Waals surface area contributed by atoms with E-state index in [0.29, 0.717) is 0 Å². The van der Waals surface area contributed by atoms with Gasteiger partial charge in [-0.3, -0.25) is 0 Å². The second-order valence-electron chi connectivity index (χ2n) is 9.52. The third-order valence-electron chi connectivity index (χ3n) is 6.59. The van der Waals surface area contributed by atoms with Gasteiger partial charge in [-0.1, -0.05) is 110 Å². The minimum Gasteiger partial charge on any atom is -0.374 e. The van der Waals surface area contributed by atoms with Crippen molar-refractivity contribution >= 4 is 30.2 Å². The van der Waals surface area contributed by atoms with Crippen molar-refractivity contribution in [2.45, 2.75) is 60.6 Å². The molecule has 3 aromatic carbocycles. The average Bonchev–Trinajstić information content (AvgIpc) is 3.11. The molecule has 1 aliphatic heterocycles. The van der Waals surface area contributed by atoms with Crippen LogP contribution >= 0.6 is 11.8 Å². The van der Waals surface area contributed by atoms with E-state index >= 15 is 0 Å². The monoisotopic (exact) mass is 444 g/mol. The summed E-state index contributed by atoms with van der Waals surface area (Å²) < 4.78 is 6.43. The van der Waals surface area contributed by atoms with Crippen LogP contribution in [0, 0.1) is 6.92 Å². The van der Waals surface area contributed by atoms with Crippen LogP contribution in [0.2, 0.25) is 11.1 Å². The summed E-state index contributed by atoms with van der Waals surface area (Å²) in [6.07, 6.45) is 0.932. The van der Waals surface area contributed by atoms with Crippen LogP contribution in [0.5, 0.6) is 0 Å². The molecular weight excluding hydrogens is 412 g/mol. The molecule has 3 atom stereocenters. The van der Waals surface area contributed by atoms with Crippen molar-refractivity contribution in [3.05, 3.63) is 97.9 Å². The molecule has 0 N–H and O–H groups in total. The minimum atomic E-state index is -2.16. The number of benzene rings is 3. The predicted octanol–water partition coefficient (Wildman–Crippen LogP) is 6.08. The second-order valence-corrected chi connectivity index (χ2v) is 15.7. The molecule has 160 valence electrons. The van der Waals surface area contributed by atoms with E-state index in [2.05, 4.69) is 112 Å². The highest BCUT2D eigenvalue weighted by Crippen LogP contribution is 2.44. The highest BCUT2D eigenvalue weighted by Gasteiger charge is 2.50. The van der Waals surface area contributed by atoms with Gasteiger partial charge in [0.15, 0.2) is 0 Å². The number of hydrogen-bond donors (Lipinski definition) is 0. The van der Waals surface area contributed by atoms with E-state index in [-0.39, 0.29) is 22.5 Å². The van der Waals surface area contributed by atoms with Gasteiger partial charge in [0.25, 0.3) is 0 Å². The van der Waals surface area contributed by atoms with E-state index in [0.717, 1.165) is 12.5 Å². The van der Waals surface area contributed by atoms with Gasteiger partial charge in [0.05, 0.1) is 12.2 Å². The fourth-order valence-electron chi connectivity index (χ4n) is 5.04. The van der Waals surface area contributed by atoms with Crippen LogP contribution in [-0.2, 0) is 4.74 Å². The van der Waals surface area contributed by atoms with Crippen LogP contribution in [0.3, 0.4) is 0 Å². The number of ether oxygens (including phenoxy) is 1. The molecule has 2 radical (unpaired) electrons. The van der Waals surface area contributed by atoms with Gasteiger partial charge in [-0.25, -0.2) is 0 Å². The third kappa shape index (κ3) is 4.69. The Morgan fingerprint density at radius 1 is 0.839 bits per heavy atom. The smallest absolute Gasteiger partial charge is 0.125 e. The molecule has 31 heavy (non-hydrogen) atoms. The Kier molecular flexibility index (Phi) is 6.76. The first kappa shape index (κ1) is 22.4. The lowest BCUT2D eigenvalue weighted by Crippen LogP contribution is -2.65. The van der Waals surface area contributed by atoms with Crippen molar-refractivity contribution in [2.24, 2.45) is 0 Å². The fraction of sp³-hybridized carbons (Fsp3) is 0.321. The zero-order valence-electron chi connectivity index (χ0n) is 18.7. The molecule has 0 amide bonds. The van der Waals surface area contributed by atoms with E-state index in [1.807, 2.05) is 11.8 Å². The maximum atomic E-state index is 6.49. The third-order valence-corrected chi connectivity index (χ3v) is 14.2. The lowest BCUT2D eigenvalue weighted by molar-refractivity contribution is 0.0816. The zero-order chi connectivity index (χ0) is 21.9. The van der Waals surface area contributed by atoms with Crippen LogP contribution in [0.25, 0.3) is 0 Å². The number of thioether (sulfide) groups is 1. The Bertz CT molecular complexity index is 913. The van der Waals surface area contributed by atoms with E-state index in [1.54, 1.807) is 0 Å². The molecule has 1 aliphatic rings. The quantitative estimate of drug-likeness (QED) is 0.426. The molecule has 3 aromatic rings. The standard InChI is InChI=1S/C28H32OSSi/c1-22-27(30-24-14-8-5-9-15-24)20-23(29-22)21-31(28(2,3)4,25-16-10-6-11-17-25)26-18-12-7-13-19-26/h1,5-19,22-23,27H,20-21H2,2-4H3/t22?,23-,27?/m0/s1. The molecule has 3 heteroatoms. The summed E-state index contributed by atoms with van der Waals surface area (Å²) in [6, 6.07) is 33.9. The van der Waals surface area contributed by atoms with Gasteiger partial charge >= 0.3 is 0 Å². The molecule has 1 nitrogen and oxygen atoms in total. The number of hydrogen-bond acceptors (Lipinski definition) is 2. The summed E-state index contributed by atoms with van der Waals surface area (Å²) in [5.41, 5.74) is 0. The summed E-state index contributed by atoms with van der Waals surface area (Å²) >= 11 is 1.85. The molecule has 0 aliphatic carbocycles. The van der Waals surface area contributed by atoms with Crippen LogP contribution in [0.15, 0.2) is 95.9 Å². The van der Waals surface area contributed by atoms with Crippen molar-refractivity contribution in [3.63, 3.8) is 0 Å². The average molecular weight is 445 g/mol. The van der Waals surface area contributed by atoms with Crippen molar-refractivity contribution in [2.75, 3.05) is 0 Å². The van der Waals surface area contributed by atoms with Gasteiger partial charge in [-0.15, -0.1) is 11.8 Å². The van der Waals surface area contributed by atoms with Gasteiger partial charge in [-0.2, -0.15) is 0 Å². The molecule has 1 fully saturated rings. The SMILES string of the molecule is [CH]C1O[C@H](C[Si](c2ccccc2)(c2ccccc2)C(C)(C)C)CC1Sc1ccccc1. The zero-order valence-corrected chi connectivity index (χ0v) is 20.5. The van der Waals surface area contributed by atoms with Crippen molar-refractivity contribution in [1.82, 2.24) is 0 Å². The highest BCUT2D eigenvalue weighted by molar-refractivity contribution is 8.00. The minimum absolute atomic E-state index is 0.133. The summed E-state index contributed by atoms with van der Waals surface area (Å²) in [5, 5.41) is 3.37. The molecule has 1 heterocycles. The highest BCUT2D eigenvalue weighted by atomic mass is 32.2. The molecule has 0 spiro atoms. The van der Waals surface area contributed by atoms with E-state index in [9.17, 15) is 0 Å². The summed E-state index contributed by atoms with van der Waals surface area (Å²) in [6.45, 7) is 13.7. The van der Waals surface area contributed by atoms with Crippen molar-refractivity contribution in [1.29, 1.82) is 0 Å². The Labute approximate surface area is 193 Å². The van der Waals surface area contributed by atoms with Crippen molar-refractivity contribution in [3.8, 4) is 0 Å².